The number of pyridine rings is 1. The zero-order valence-corrected chi connectivity index (χ0v) is 18.1. The predicted octanol–water partition coefficient (Wildman–Crippen LogP) is 3.46. The van der Waals surface area contributed by atoms with Crippen LogP contribution in [0.4, 0.5) is 5.69 Å². The van der Waals surface area contributed by atoms with Gasteiger partial charge in [0.1, 0.15) is 12.4 Å². The fourth-order valence-corrected chi connectivity index (χ4v) is 5.78. The van der Waals surface area contributed by atoms with E-state index in [1.807, 2.05) is 18.0 Å². The Morgan fingerprint density at radius 1 is 1.23 bits per heavy atom. The summed E-state index contributed by atoms with van der Waals surface area (Å²) in [4.78, 5) is 15.2. The second-order valence-corrected chi connectivity index (χ2v) is 9.56. The first kappa shape index (κ1) is 21.2. The Morgan fingerprint density at radius 3 is 2.71 bits per heavy atom. The van der Waals surface area contributed by atoms with Crippen molar-refractivity contribution >= 4 is 33.2 Å². The van der Waals surface area contributed by atoms with Crippen LogP contribution >= 0.6 is 0 Å². The number of aromatic nitrogens is 2. The zero-order chi connectivity index (χ0) is 22.0. The van der Waals surface area contributed by atoms with E-state index in [9.17, 15) is 8.42 Å². The predicted molar refractivity (Wildman–Crippen MR) is 117 cm³/mol. The summed E-state index contributed by atoms with van der Waals surface area (Å²) in [5.41, 5.74) is 3.30. The maximum Gasteiger partial charge on any atom is 0.290 e. The number of hydrogen-bond acceptors (Lipinski definition) is 6. The van der Waals surface area contributed by atoms with E-state index >= 15 is 0 Å². The molecule has 1 aliphatic heterocycles. The van der Waals surface area contributed by atoms with Crippen molar-refractivity contribution in [3.8, 4) is 5.75 Å². The molecular weight excluding hydrogens is 418 g/mol. The molecule has 0 amide bonds. The van der Waals surface area contributed by atoms with Crippen LogP contribution in [0.1, 0.15) is 37.2 Å². The highest BCUT2D eigenvalue weighted by Crippen LogP contribution is 2.39. The fraction of sp³-hybridized carbons (Fsp3) is 0.364. The number of benzene rings is 1. The van der Waals surface area contributed by atoms with Crippen molar-refractivity contribution in [2.24, 2.45) is 0 Å². The smallest absolute Gasteiger partial charge is 0.290 e. The van der Waals surface area contributed by atoms with Crippen LogP contribution in [0.15, 0.2) is 47.6 Å². The molecule has 0 spiro atoms. The minimum atomic E-state index is -3.74. The summed E-state index contributed by atoms with van der Waals surface area (Å²) < 4.78 is 34.2. The van der Waals surface area contributed by atoms with Crippen LogP contribution in [0.3, 0.4) is 0 Å². The Labute approximate surface area is 181 Å². The molecule has 9 heteroatoms. The molecule has 0 unspecified atom stereocenters. The van der Waals surface area contributed by atoms with Gasteiger partial charge in [-0.2, -0.15) is 0 Å². The van der Waals surface area contributed by atoms with E-state index in [0.717, 1.165) is 41.9 Å². The monoisotopic (exact) mass is 443 g/mol. The largest absolute Gasteiger partial charge is 0.490 e. The highest BCUT2D eigenvalue weighted by atomic mass is 32.2. The maximum atomic E-state index is 13.5. The zero-order valence-electron chi connectivity index (χ0n) is 17.3. The topological polar surface area (TPSA) is 102 Å². The molecule has 8 nitrogen and oxygen atoms in total. The summed E-state index contributed by atoms with van der Waals surface area (Å²) in [6.45, 7) is 1.09. The Balaban J connectivity index is 0.000000730. The molecule has 1 aromatic carbocycles. The highest BCUT2D eigenvalue weighted by Gasteiger charge is 2.28. The minimum Gasteiger partial charge on any atom is -0.490 e. The van der Waals surface area contributed by atoms with Crippen LogP contribution in [-0.2, 0) is 14.8 Å². The van der Waals surface area contributed by atoms with Crippen LogP contribution in [0.25, 0.3) is 11.0 Å². The van der Waals surface area contributed by atoms with Gasteiger partial charge < -0.3 is 14.7 Å². The molecule has 0 atom stereocenters. The van der Waals surface area contributed by atoms with Crippen molar-refractivity contribution in [2.45, 2.75) is 36.5 Å². The summed E-state index contributed by atoms with van der Waals surface area (Å²) >= 11 is 0. The highest BCUT2D eigenvalue weighted by molar-refractivity contribution is 7.90. The third-order valence-electron chi connectivity index (χ3n) is 5.93. The Bertz CT molecular complexity index is 1200. The molecule has 3 heterocycles. The molecule has 5 rings (SSSR count). The second kappa shape index (κ2) is 8.58. The van der Waals surface area contributed by atoms with Crippen molar-refractivity contribution in [1.29, 1.82) is 0 Å². The van der Waals surface area contributed by atoms with Crippen molar-refractivity contribution in [3.63, 3.8) is 0 Å². The van der Waals surface area contributed by atoms with Gasteiger partial charge in [0, 0.05) is 25.0 Å². The Morgan fingerprint density at radius 2 is 1.97 bits per heavy atom. The first-order valence-corrected chi connectivity index (χ1v) is 11.7. The number of rotatable bonds is 3. The summed E-state index contributed by atoms with van der Waals surface area (Å²) in [6.07, 6.45) is 8.10. The molecule has 2 aliphatic rings. The second-order valence-electron chi connectivity index (χ2n) is 7.74. The lowest BCUT2D eigenvalue weighted by molar-refractivity contribution is -0.122. The van der Waals surface area contributed by atoms with E-state index in [1.54, 1.807) is 36.7 Å². The van der Waals surface area contributed by atoms with Crippen LogP contribution < -0.4 is 9.64 Å². The van der Waals surface area contributed by atoms with Gasteiger partial charge in [-0.3, -0.25) is 9.78 Å². The van der Waals surface area contributed by atoms with Gasteiger partial charge in [0.15, 0.2) is 0 Å². The third-order valence-corrected chi connectivity index (χ3v) is 7.60. The number of hydrogen-bond donors (Lipinski definition) is 1. The summed E-state index contributed by atoms with van der Waals surface area (Å²) in [5.74, 6) is 1.11. The van der Waals surface area contributed by atoms with E-state index in [0.29, 0.717) is 18.0 Å². The molecule has 1 N–H and O–H groups in total. The fourth-order valence-electron chi connectivity index (χ4n) is 4.39. The molecule has 0 bridgehead atoms. The molecule has 31 heavy (non-hydrogen) atoms. The van der Waals surface area contributed by atoms with Gasteiger partial charge in [0.2, 0.25) is 0 Å². The molecule has 2 aromatic heterocycles. The lowest BCUT2D eigenvalue weighted by atomic mass is 10.00. The van der Waals surface area contributed by atoms with Crippen molar-refractivity contribution in [2.75, 3.05) is 25.1 Å². The van der Waals surface area contributed by atoms with Crippen molar-refractivity contribution in [3.05, 3.63) is 48.3 Å². The number of anilines is 1. The Hall–Kier alpha value is -3.07. The third kappa shape index (κ3) is 3.85. The molecule has 0 radical (unpaired) electrons. The van der Waals surface area contributed by atoms with E-state index in [4.69, 9.17) is 14.6 Å². The van der Waals surface area contributed by atoms with Gasteiger partial charge in [0.25, 0.3) is 16.5 Å². The lowest BCUT2D eigenvalue weighted by Gasteiger charge is -2.28. The van der Waals surface area contributed by atoms with E-state index in [2.05, 4.69) is 4.98 Å². The molecular formula is C22H25N3O5S. The summed E-state index contributed by atoms with van der Waals surface area (Å²) in [6, 6.07) is 8.72. The normalized spacial score (nSPS) is 16.4. The molecule has 164 valence electrons. The molecule has 1 fully saturated rings. The standard InChI is InChI=1S/C21H23N3O3S.CH2O2/c1-23-11-12-27-20-9-8-16(13-19(20)23)28(25,26)24-14-17(15-5-2-3-6-15)21-18(24)7-4-10-22-21;2-1-3/h4,7-10,13-15H,2-3,5-6,11-12H2,1H3;1H,(H,2,3). The summed E-state index contributed by atoms with van der Waals surface area (Å²) in [7, 11) is -1.79. The van der Waals surface area contributed by atoms with Gasteiger partial charge in [-0.1, -0.05) is 12.8 Å². The SMILES string of the molecule is CN1CCOc2ccc(S(=O)(=O)n3cc(C4CCCC4)c4ncccc43)cc21.O=CO. The van der Waals surface area contributed by atoms with Crippen molar-refractivity contribution in [1.82, 2.24) is 8.96 Å². The number of likely N-dealkylation sites (N-methyl/N-ethyl adjacent to an activating group) is 1. The minimum absolute atomic E-state index is 0.250. The van der Waals surface area contributed by atoms with Gasteiger partial charge in [-0.15, -0.1) is 0 Å². The number of carbonyl (C=O) groups is 1. The molecule has 0 saturated heterocycles. The van der Waals surface area contributed by atoms with Gasteiger partial charge in [0.05, 0.1) is 28.2 Å². The maximum absolute atomic E-state index is 13.5. The Kier molecular flexibility index (Phi) is 5.86. The molecule has 1 aliphatic carbocycles. The van der Waals surface area contributed by atoms with Crippen LogP contribution in [0.2, 0.25) is 0 Å². The first-order chi connectivity index (χ1) is 15.0. The summed E-state index contributed by atoms with van der Waals surface area (Å²) in [5, 5.41) is 6.89. The van der Waals surface area contributed by atoms with E-state index < -0.39 is 10.0 Å². The first-order valence-electron chi connectivity index (χ1n) is 10.2. The molecule has 1 saturated carbocycles. The lowest BCUT2D eigenvalue weighted by Crippen LogP contribution is -2.29. The van der Waals surface area contributed by atoms with E-state index in [-0.39, 0.29) is 11.4 Å². The van der Waals surface area contributed by atoms with Gasteiger partial charge in [-0.05, 0) is 49.1 Å². The van der Waals surface area contributed by atoms with Crippen molar-refractivity contribution < 1.29 is 23.1 Å². The van der Waals surface area contributed by atoms with Crippen LogP contribution in [0, 0.1) is 0 Å². The van der Waals surface area contributed by atoms with Crippen LogP contribution in [0.5, 0.6) is 5.75 Å². The van der Waals surface area contributed by atoms with Gasteiger partial charge in [-0.25, -0.2) is 12.4 Å². The number of ether oxygens (including phenoxy) is 1. The van der Waals surface area contributed by atoms with Gasteiger partial charge >= 0.3 is 0 Å². The van der Waals surface area contributed by atoms with Crippen LogP contribution in [-0.4, -0.2) is 49.2 Å². The molecule has 3 aromatic rings. The number of fused-ring (bicyclic) bond motifs is 2. The number of nitrogens with zero attached hydrogens (tertiary/aromatic N) is 3. The van der Waals surface area contributed by atoms with E-state index in [1.165, 1.54) is 16.8 Å². The number of carboxylic acid groups (broad SMARTS) is 1. The average Bonchev–Trinajstić information content (AvgIpc) is 3.42. The quantitative estimate of drug-likeness (QED) is 0.619. The average molecular weight is 444 g/mol.